The Balaban J connectivity index is 2.47. The van der Waals surface area contributed by atoms with Crippen LogP contribution in [0.3, 0.4) is 0 Å². The Hall–Kier alpha value is -3.66. The molecule has 0 saturated carbocycles. The van der Waals surface area contributed by atoms with E-state index >= 15 is 0 Å². The van der Waals surface area contributed by atoms with E-state index in [4.69, 9.17) is 0 Å². The van der Waals surface area contributed by atoms with Crippen LogP contribution in [-0.2, 0) is 0 Å². The van der Waals surface area contributed by atoms with Crippen molar-refractivity contribution >= 4 is 15.9 Å². The van der Waals surface area contributed by atoms with Crippen molar-refractivity contribution < 1.29 is 46.0 Å². The SMILES string of the molecule is Oc1c(O)c(O)c(-c2c(O)c(O)c(O)c(-c3ccc(Br)cc3)c2O)c(O)c1O. The summed E-state index contributed by atoms with van der Waals surface area (Å²) in [5.74, 6) is -10.2. The van der Waals surface area contributed by atoms with Gasteiger partial charge in [-0.1, -0.05) is 28.1 Å². The maximum absolute atomic E-state index is 10.7. The maximum atomic E-state index is 10.7. The van der Waals surface area contributed by atoms with E-state index in [0.29, 0.717) is 4.47 Å². The highest BCUT2D eigenvalue weighted by molar-refractivity contribution is 9.10. The molecule has 0 aromatic heterocycles. The molecule has 9 nitrogen and oxygen atoms in total. The number of rotatable bonds is 2. The average Bonchev–Trinajstić information content (AvgIpc) is 2.67. The summed E-state index contributed by atoms with van der Waals surface area (Å²) in [6.07, 6.45) is 0. The summed E-state index contributed by atoms with van der Waals surface area (Å²) >= 11 is 3.21. The van der Waals surface area contributed by atoms with Crippen molar-refractivity contribution in [1.29, 1.82) is 0 Å². The van der Waals surface area contributed by atoms with Gasteiger partial charge in [-0.15, -0.1) is 0 Å². The molecule has 0 aliphatic heterocycles. The van der Waals surface area contributed by atoms with Crippen molar-refractivity contribution in [2.45, 2.75) is 0 Å². The lowest BCUT2D eigenvalue weighted by Crippen LogP contribution is -1.90. The van der Waals surface area contributed by atoms with E-state index in [2.05, 4.69) is 15.9 Å². The Kier molecular flexibility index (Phi) is 4.44. The number of benzene rings is 3. The molecular weight excluding hydrogens is 440 g/mol. The second kappa shape index (κ2) is 6.50. The summed E-state index contributed by atoms with van der Waals surface area (Å²) in [4.78, 5) is 0. The van der Waals surface area contributed by atoms with Crippen LogP contribution in [-0.4, -0.2) is 46.0 Å². The number of phenolic OH excluding ortho intramolecular Hbond substituents is 9. The van der Waals surface area contributed by atoms with Gasteiger partial charge in [0, 0.05) is 4.47 Å². The van der Waals surface area contributed by atoms with Gasteiger partial charge in [0.1, 0.15) is 5.75 Å². The minimum absolute atomic E-state index is 0.181. The molecule has 0 heterocycles. The van der Waals surface area contributed by atoms with E-state index in [1.807, 2.05) is 0 Å². The lowest BCUT2D eigenvalue weighted by molar-refractivity contribution is 0.329. The van der Waals surface area contributed by atoms with E-state index < -0.39 is 62.9 Å². The van der Waals surface area contributed by atoms with Crippen LogP contribution in [0.15, 0.2) is 28.7 Å². The van der Waals surface area contributed by atoms with Crippen molar-refractivity contribution in [2.24, 2.45) is 0 Å². The summed E-state index contributed by atoms with van der Waals surface area (Å²) < 4.78 is 0.669. The van der Waals surface area contributed by atoms with Crippen molar-refractivity contribution in [1.82, 2.24) is 0 Å². The number of phenols is 9. The molecule has 0 aliphatic carbocycles. The third-order valence-corrected chi connectivity index (χ3v) is 4.68. The first kappa shape index (κ1) is 19.1. The molecule has 28 heavy (non-hydrogen) atoms. The zero-order chi connectivity index (χ0) is 20.9. The second-order valence-corrected chi connectivity index (χ2v) is 6.69. The molecule has 0 unspecified atom stereocenters. The maximum Gasteiger partial charge on any atom is 0.208 e. The smallest absolute Gasteiger partial charge is 0.208 e. The van der Waals surface area contributed by atoms with Gasteiger partial charge in [0.25, 0.3) is 0 Å². The lowest BCUT2D eigenvalue weighted by Gasteiger charge is -2.18. The molecule has 0 saturated heterocycles. The first-order valence-electron chi connectivity index (χ1n) is 7.52. The average molecular weight is 453 g/mol. The zero-order valence-corrected chi connectivity index (χ0v) is 15.3. The highest BCUT2D eigenvalue weighted by Gasteiger charge is 2.32. The molecule has 0 aliphatic rings. The van der Waals surface area contributed by atoms with Crippen LogP contribution in [0.25, 0.3) is 22.3 Å². The molecule has 0 radical (unpaired) electrons. The topological polar surface area (TPSA) is 182 Å². The van der Waals surface area contributed by atoms with E-state index in [1.165, 1.54) is 12.1 Å². The molecule has 0 amide bonds. The minimum atomic E-state index is -1.25. The summed E-state index contributed by atoms with van der Waals surface area (Å²) in [5, 5.41) is 90.3. The number of hydrogen-bond donors (Lipinski definition) is 9. The second-order valence-electron chi connectivity index (χ2n) is 5.77. The monoisotopic (exact) mass is 452 g/mol. The van der Waals surface area contributed by atoms with Crippen LogP contribution in [0, 0.1) is 0 Å². The molecule has 10 heteroatoms. The van der Waals surface area contributed by atoms with Gasteiger partial charge in [-0.3, -0.25) is 0 Å². The van der Waals surface area contributed by atoms with Crippen LogP contribution >= 0.6 is 15.9 Å². The van der Waals surface area contributed by atoms with Gasteiger partial charge in [0.15, 0.2) is 23.0 Å². The minimum Gasteiger partial charge on any atom is -0.506 e. The van der Waals surface area contributed by atoms with Gasteiger partial charge >= 0.3 is 0 Å². The summed E-state index contributed by atoms with van der Waals surface area (Å²) in [6.45, 7) is 0. The van der Waals surface area contributed by atoms with E-state index in [-0.39, 0.29) is 11.1 Å². The molecule has 3 aromatic carbocycles. The van der Waals surface area contributed by atoms with Crippen LogP contribution < -0.4 is 0 Å². The van der Waals surface area contributed by atoms with Crippen molar-refractivity contribution in [3.05, 3.63) is 28.7 Å². The van der Waals surface area contributed by atoms with Crippen LogP contribution in [0.5, 0.6) is 51.7 Å². The molecule has 3 aromatic rings. The van der Waals surface area contributed by atoms with Crippen molar-refractivity contribution in [3.8, 4) is 74.0 Å². The fourth-order valence-corrected chi connectivity index (χ4v) is 3.01. The Bertz CT molecular complexity index is 1080. The van der Waals surface area contributed by atoms with Crippen molar-refractivity contribution in [2.75, 3.05) is 0 Å². The van der Waals surface area contributed by atoms with E-state index in [9.17, 15) is 46.0 Å². The Morgan fingerprint density at radius 1 is 0.393 bits per heavy atom. The zero-order valence-electron chi connectivity index (χ0n) is 13.7. The van der Waals surface area contributed by atoms with Crippen LogP contribution in [0.4, 0.5) is 0 Å². The third-order valence-electron chi connectivity index (χ3n) is 4.15. The molecule has 9 N–H and O–H groups in total. The van der Waals surface area contributed by atoms with E-state index in [0.717, 1.165) is 0 Å². The molecule has 0 bridgehead atoms. The molecule has 146 valence electrons. The largest absolute Gasteiger partial charge is 0.506 e. The van der Waals surface area contributed by atoms with Crippen LogP contribution in [0.1, 0.15) is 0 Å². The summed E-state index contributed by atoms with van der Waals surface area (Å²) in [5.41, 5.74) is -1.89. The van der Waals surface area contributed by atoms with Gasteiger partial charge in [-0.05, 0) is 17.7 Å². The lowest BCUT2D eigenvalue weighted by atomic mass is 9.93. The highest BCUT2D eigenvalue weighted by atomic mass is 79.9. The number of aromatic hydroxyl groups is 9. The quantitative estimate of drug-likeness (QED) is 0.208. The Morgan fingerprint density at radius 2 is 0.714 bits per heavy atom. The Labute approximate surface area is 165 Å². The highest BCUT2D eigenvalue weighted by Crippen LogP contribution is 2.62. The first-order valence-corrected chi connectivity index (χ1v) is 8.32. The van der Waals surface area contributed by atoms with Gasteiger partial charge in [-0.25, -0.2) is 0 Å². The Morgan fingerprint density at radius 3 is 1.18 bits per heavy atom. The fourth-order valence-electron chi connectivity index (χ4n) is 2.75. The molecule has 3 rings (SSSR count). The molecular formula is C18H13BrO9. The predicted molar refractivity (Wildman–Crippen MR) is 100.0 cm³/mol. The van der Waals surface area contributed by atoms with Gasteiger partial charge in [0.2, 0.25) is 23.0 Å². The van der Waals surface area contributed by atoms with E-state index in [1.54, 1.807) is 12.1 Å². The standard InChI is InChI=1S/C18H13BrO9/c19-6-3-1-5(2-4-6)7-10(20)8(12(22)15(25)11(7)21)9-13(23)16(26)18(28)17(27)14(9)24/h1-4,20-28H. The molecule has 0 fully saturated rings. The molecule has 0 spiro atoms. The first-order chi connectivity index (χ1) is 13.1. The molecule has 0 atom stereocenters. The van der Waals surface area contributed by atoms with Gasteiger partial charge < -0.3 is 46.0 Å². The van der Waals surface area contributed by atoms with Gasteiger partial charge in [-0.2, -0.15) is 0 Å². The normalized spacial score (nSPS) is 10.9. The van der Waals surface area contributed by atoms with Gasteiger partial charge in [0.05, 0.1) is 16.7 Å². The third kappa shape index (κ3) is 2.62. The number of halogens is 1. The summed E-state index contributed by atoms with van der Waals surface area (Å²) in [6, 6.07) is 6.02. The number of hydrogen-bond acceptors (Lipinski definition) is 9. The van der Waals surface area contributed by atoms with Crippen molar-refractivity contribution in [3.63, 3.8) is 0 Å². The summed E-state index contributed by atoms with van der Waals surface area (Å²) in [7, 11) is 0. The fraction of sp³-hybridized carbons (Fsp3) is 0. The van der Waals surface area contributed by atoms with Crippen LogP contribution in [0.2, 0.25) is 0 Å². The predicted octanol–water partition coefficient (Wildman–Crippen LogP) is 3.13.